The van der Waals surface area contributed by atoms with Crippen LogP contribution in [0.1, 0.15) is 29.9 Å². The zero-order valence-corrected chi connectivity index (χ0v) is 12.7. The van der Waals surface area contributed by atoms with E-state index < -0.39 is 0 Å². The molecule has 108 valence electrons. The van der Waals surface area contributed by atoms with Crippen molar-refractivity contribution in [2.45, 2.75) is 25.8 Å². The molecule has 2 aromatic heterocycles. The van der Waals surface area contributed by atoms with Gasteiger partial charge in [-0.25, -0.2) is 4.98 Å². The Kier molecular flexibility index (Phi) is 4.62. The maximum atomic E-state index is 6.35. The van der Waals surface area contributed by atoms with Crippen molar-refractivity contribution in [2.75, 3.05) is 7.11 Å². The summed E-state index contributed by atoms with van der Waals surface area (Å²) in [5.41, 5.74) is 8.97. The Hall–Kier alpha value is -1.59. The first kappa shape index (κ1) is 14.8. The van der Waals surface area contributed by atoms with Crippen molar-refractivity contribution in [3.8, 4) is 5.88 Å². The van der Waals surface area contributed by atoms with E-state index in [1.807, 2.05) is 26.1 Å². The molecule has 0 bridgehead atoms. The Morgan fingerprint density at radius 2 is 2.25 bits per heavy atom. The molecular formula is C14H19ClN4O. The van der Waals surface area contributed by atoms with Gasteiger partial charge >= 0.3 is 0 Å². The van der Waals surface area contributed by atoms with Crippen molar-refractivity contribution < 1.29 is 4.74 Å². The number of nitrogens with zero attached hydrogens (tertiary/aromatic N) is 3. The highest BCUT2D eigenvalue weighted by molar-refractivity contribution is 6.31. The number of aromatic nitrogens is 3. The monoisotopic (exact) mass is 294 g/mol. The van der Waals surface area contributed by atoms with Crippen molar-refractivity contribution in [3.63, 3.8) is 0 Å². The van der Waals surface area contributed by atoms with Crippen molar-refractivity contribution in [2.24, 2.45) is 12.8 Å². The van der Waals surface area contributed by atoms with Gasteiger partial charge in [-0.2, -0.15) is 5.10 Å². The first-order valence-electron chi connectivity index (χ1n) is 6.53. The molecule has 0 radical (unpaired) electrons. The fourth-order valence-electron chi connectivity index (χ4n) is 2.22. The van der Waals surface area contributed by atoms with Gasteiger partial charge in [0.25, 0.3) is 0 Å². The molecular weight excluding hydrogens is 276 g/mol. The van der Waals surface area contributed by atoms with Gasteiger partial charge < -0.3 is 10.5 Å². The van der Waals surface area contributed by atoms with Gasteiger partial charge in [-0.1, -0.05) is 24.6 Å². The van der Waals surface area contributed by atoms with Crippen LogP contribution in [-0.2, 0) is 19.9 Å². The Bertz CT molecular complexity index is 597. The van der Waals surface area contributed by atoms with Crippen LogP contribution in [0.25, 0.3) is 0 Å². The Morgan fingerprint density at radius 3 is 2.85 bits per heavy atom. The van der Waals surface area contributed by atoms with Crippen LogP contribution in [0, 0.1) is 0 Å². The van der Waals surface area contributed by atoms with Crippen LogP contribution >= 0.6 is 11.6 Å². The second kappa shape index (κ2) is 6.24. The third-order valence-corrected chi connectivity index (χ3v) is 3.75. The average molecular weight is 295 g/mol. The van der Waals surface area contributed by atoms with Crippen molar-refractivity contribution in [1.29, 1.82) is 0 Å². The summed E-state index contributed by atoms with van der Waals surface area (Å²) in [5.74, 6) is 0.550. The molecule has 0 saturated heterocycles. The summed E-state index contributed by atoms with van der Waals surface area (Å²) in [7, 11) is 3.47. The van der Waals surface area contributed by atoms with E-state index in [0.29, 0.717) is 17.3 Å². The molecule has 2 aromatic rings. The topological polar surface area (TPSA) is 66.0 Å². The lowest BCUT2D eigenvalue weighted by Crippen LogP contribution is -2.17. The highest BCUT2D eigenvalue weighted by Crippen LogP contribution is 2.28. The van der Waals surface area contributed by atoms with Gasteiger partial charge in [-0.3, -0.25) is 4.68 Å². The fraction of sp³-hybridized carbons (Fsp3) is 0.429. The van der Waals surface area contributed by atoms with Crippen LogP contribution in [0.3, 0.4) is 0 Å². The molecule has 0 fully saturated rings. The maximum absolute atomic E-state index is 6.35. The minimum absolute atomic E-state index is 0.240. The van der Waals surface area contributed by atoms with Crippen LogP contribution in [0.4, 0.5) is 0 Å². The SMILES string of the molecule is CCc1nn(C)c(CC(N)c2cccnc2OC)c1Cl. The van der Waals surface area contributed by atoms with E-state index in [4.69, 9.17) is 22.1 Å². The van der Waals surface area contributed by atoms with Crippen LogP contribution in [0.5, 0.6) is 5.88 Å². The van der Waals surface area contributed by atoms with E-state index in [0.717, 1.165) is 23.4 Å². The molecule has 0 aliphatic rings. The Morgan fingerprint density at radius 1 is 1.50 bits per heavy atom. The molecule has 0 aliphatic carbocycles. The molecule has 5 nitrogen and oxygen atoms in total. The summed E-state index contributed by atoms with van der Waals surface area (Å²) in [5, 5.41) is 5.10. The third-order valence-electron chi connectivity index (χ3n) is 3.31. The Balaban J connectivity index is 2.28. The summed E-state index contributed by atoms with van der Waals surface area (Å²) in [4.78, 5) is 4.17. The van der Waals surface area contributed by atoms with E-state index in [-0.39, 0.29) is 6.04 Å². The predicted octanol–water partition coefficient (Wildman–Crippen LogP) is 2.28. The van der Waals surface area contributed by atoms with Gasteiger partial charge in [0.05, 0.1) is 23.5 Å². The number of ether oxygens (including phenoxy) is 1. The molecule has 1 unspecified atom stereocenters. The average Bonchev–Trinajstić information content (AvgIpc) is 2.74. The summed E-state index contributed by atoms with van der Waals surface area (Å²) < 4.78 is 7.04. The molecule has 0 amide bonds. The number of rotatable bonds is 5. The first-order chi connectivity index (χ1) is 9.58. The van der Waals surface area contributed by atoms with E-state index in [1.165, 1.54) is 0 Å². The van der Waals surface area contributed by atoms with Crippen molar-refractivity contribution in [1.82, 2.24) is 14.8 Å². The number of hydrogen-bond acceptors (Lipinski definition) is 4. The van der Waals surface area contributed by atoms with E-state index in [1.54, 1.807) is 18.0 Å². The number of nitrogens with two attached hydrogens (primary N) is 1. The molecule has 2 N–H and O–H groups in total. The molecule has 0 aliphatic heterocycles. The number of hydrogen-bond donors (Lipinski definition) is 1. The fourth-order valence-corrected chi connectivity index (χ4v) is 2.59. The highest BCUT2D eigenvalue weighted by Gasteiger charge is 2.19. The number of pyridine rings is 1. The second-order valence-electron chi connectivity index (χ2n) is 4.60. The highest BCUT2D eigenvalue weighted by atomic mass is 35.5. The van der Waals surface area contributed by atoms with E-state index >= 15 is 0 Å². The second-order valence-corrected chi connectivity index (χ2v) is 4.98. The smallest absolute Gasteiger partial charge is 0.217 e. The van der Waals surface area contributed by atoms with Crippen molar-refractivity contribution >= 4 is 11.6 Å². The zero-order valence-electron chi connectivity index (χ0n) is 11.9. The first-order valence-corrected chi connectivity index (χ1v) is 6.91. The van der Waals surface area contributed by atoms with Crippen LogP contribution in [-0.4, -0.2) is 21.9 Å². The lowest BCUT2D eigenvalue weighted by atomic mass is 10.0. The maximum Gasteiger partial charge on any atom is 0.217 e. The lowest BCUT2D eigenvalue weighted by Gasteiger charge is -2.15. The molecule has 0 saturated carbocycles. The van der Waals surface area contributed by atoms with Gasteiger partial charge in [0, 0.05) is 31.3 Å². The number of methoxy groups -OCH3 is 1. The van der Waals surface area contributed by atoms with Crippen LogP contribution in [0.15, 0.2) is 18.3 Å². The Labute approximate surface area is 123 Å². The third kappa shape index (κ3) is 2.78. The van der Waals surface area contributed by atoms with Gasteiger partial charge in [0.2, 0.25) is 5.88 Å². The predicted molar refractivity (Wildman–Crippen MR) is 79.0 cm³/mol. The molecule has 6 heteroatoms. The minimum atomic E-state index is -0.240. The van der Waals surface area contributed by atoms with E-state index in [9.17, 15) is 0 Å². The van der Waals surface area contributed by atoms with Gasteiger partial charge in [-0.15, -0.1) is 0 Å². The molecule has 0 spiro atoms. The minimum Gasteiger partial charge on any atom is -0.481 e. The van der Waals surface area contributed by atoms with Crippen LogP contribution in [0.2, 0.25) is 5.02 Å². The summed E-state index contributed by atoms with van der Waals surface area (Å²) >= 11 is 6.35. The summed E-state index contributed by atoms with van der Waals surface area (Å²) in [6, 6.07) is 3.53. The van der Waals surface area contributed by atoms with Gasteiger partial charge in [0.1, 0.15) is 0 Å². The lowest BCUT2D eigenvalue weighted by molar-refractivity contribution is 0.388. The molecule has 0 aromatic carbocycles. The molecule has 20 heavy (non-hydrogen) atoms. The van der Waals surface area contributed by atoms with E-state index in [2.05, 4.69) is 10.1 Å². The molecule has 1 atom stereocenters. The van der Waals surface area contributed by atoms with Gasteiger partial charge in [0.15, 0.2) is 0 Å². The van der Waals surface area contributed by atoms with Crippen LogP contribution < -0.4 is 10.5 Å². The summed E-state index contributed by atoms with van der Waals surface area (Å²) in [6.07, 6.45) is 3.07. The number of aryl methyl sites for hydroxylation is 2. The quantitative estimate of drug-likeness (QED) is 0.919. The summed E-state index contributed by atoms with van der Waals surface area (Å²) in [6.45, 7) is 2.03. The zero-order chi connectivity index (χ0) is 14.7. The molecule has 2 rings (SSSR count). The molecule has 2 heterocycles. The van der Waals surface area contributed by atoms with Crippen molar-refractivity contribution in [3.05, 3.63) is 40.3 Å². The standard InChI is InChI=1S/C14H19ClN4O/c1-4-11-13(15)12(19(2)18-11)8-10(16)9-6-5-7-17-14(9)20-3/h5-7,10H,4,8,16H2,1-3H3. The largest absolute Gasteiger partial charge is 0.481 e. The normalized spacial score (nSPS) is 12.4. The van der Waals surface area contributed by atoms with Gasteiger partial charge in [-0.05, 0) is 12.5 Å². The number of halogens is 1.